The van der Waals surface area contributed by atoms with Crippen molar-refractivity contribution in [1.82, 2.24) is 9.62 Å². The molecule has 1 aliphatic heterocycles. The molecule has 0 spiro atoms. The normalized spacial score (nSPS) is 20.3. The van der Waals surface area contributed by atoms with Gasteiger partial charge in [0.05, 0.1) is 19.8 Å². The summed E-state index contributed by atoms with van der Waals surface area (Å²) in [6.07, 6.45) is 8.00. The van der Waals surface area contributed by atoms with Crippen LogP contribution in [-0.2, 0) is 26.1 Å². The van der Waals surface area contributed by atoms with E-state index in [4.69, 9.17) is 4.74 Å². The number of ether oxygens (including phenoxy) is 1. The van der Waals surface area contributed by atoms with E-state index in [1.54, 1.807) is 6.07 Å². The summed E-state index contributed by atoms with van der Waals surface area (Å²) >= 11 is 1.25. The number of rotatable bonds is 9. The van der Waals surface area contributed by atoms with Gasteiger partial charge in [-0.1, -0.05) is 39.0 Å². The van der Waals surface area contributed by atoms with E-state index in [1.807, 2.05) is 6.07 Å². The lowest BCUT2D eigenvalue weighted by Gasteiger charge is -2.25. The summed E-state index contributed by atoms with van der Waals surface area (Å²) in [4.78, 5) is 13.6. The van der Waals surface area contributed by atoms with Gasteiger partial charge in [-0.2, -0.15) is 4.31 Å². The molecule has 1 aromatic rings. The van der Waals surface area contributed by atoms with E-state index in [9.17, 15) is 13.2 Å². The van der Waals surface area contributed by atoms with Gasteiger partial charge in [0.15, 0.2) is 0 Å². The van der Waals surface area contributed by atoms with Crippen molar-refractivity contribution >= 4 is 27.3 Å². The van der Waals surface area contributed by atoms with Crippen LogP contribution in [0.2, 0.25) is 0 Å². The molecule has 0 bridgehead atoms. The summed E-state index contributed by atoms with van der Waals surface area (Å²) in [6, 6.07) is 3.46. The molecule has 8 heteroatoms. The first-order valence-corrected chi connectivity index (χ1v) is 12.7. The van der Waals surface area contributed by atoms with Crippen LogP contribution in [0.3, 0.4) is 0 Å². The maximum atomic E-state index is 12.7. The molecule has 1 aromatic heterocycles. The predicted molar refractivity (Wildman–Crippen MR) is 111 cm³/mol. The lowest BCUT2D eigenvalue weighted by molar-refractivity contribution is -0.126. The minimum Gasteiger partial charge on any atom is -0.379 e. The SMILES string of the molecule is CCCC(CC1CCCC1)C(=O)NCc1ccc(S(=O)(=O)N2CCOCC2)s1. The molecule has 2 heterocycles. The molecule has 28 heavy (non-hydrogen) atoms. The van der Waals surface area contributed by atoms with Gasteiger partial charge in [0.2, 0.25) is 5.91 Å². The molecular formula is C20H32N2O4S2. The molecular weight excluding hydrogens is 396 g/mol. The Morgan fingerprint density at radius 3 is 2.68 bits per heavy atom. The molecule has 1 N–H and O–H groups in total. The highest BCUT2D eigenvalue weighted by Gasteiger charge is 2.28. The third-order valence-corrected chi connectivity index (χ3v) is 9.19. The van der Waals surface area contributed by atoms with Crippen molar-refractivity contribution in [1.29, 1.82) is 0 Å². The Bertz CT molecular complexity index is 735. The Morgan fingerprint density at radius 1 is 1.29 bits per heavy atom. The van der Waals surface area contributed by atoms with Crippen molar-refractivity contribution in [3.8, 4) is 0 Å². The van der Waals surface area contributed by atoms with E-state index in [0.29, 0.717) is 43.0 Å². The van der Waals surface area contributed by atoms with E-state index in [2.05, 4.69) is 12.2 Å². The fraction of sp³-hybridized carbons (Fsp3) is 0.750. The van der Waals surface area contributed by atoms with E-state index in [-0.39, 0.29) is 11.8 Å². The summed E-state index contributed by atoms with van der Waals surface area (Å²) in [6.45, 7) is 4.18. The van der Waals surface area contributed by atoms with E-state index in [1.165, 1.54) is 41.3 Å². The van der Waals surface area contributed by atoms with E-state index < -0.39 is 10.0 Å². The molecule has 1 atom stereocenters. The maximum Gasteiger partial charge on any atom is 0.252 e. The number of nitrogens with zero attached hydrogens (tertiary/aromatic N) is 1. The summed E-state index contributed by atoms with van der Waals surface area (Å²) in [5.41, 5.74) is 0. The summed E-state index contributed by atoms with van der Waals surface area (Å²) < 4.78 is 32.5. The highest BCUT2D eigenvalue weighted by Crippen LogP contribution is 2.32. The van der Waals surface area contributed by atoms with Crippen molar-refractivity contribution in [2.75, 3.05) is 26.3 Å². The molecule has 1 amide bonds. The van der Waals surface area contributed by atoms with Crippen LogP contribution < -0.4 is 5.32 Å². The first kappa shape index (κ1) is 21.7. The monoisotopic (exact) mass is 428 g/mol. The van der Waals surface area contributed by atoms with Gasteiger partial charge in [0.25, 0.3) is 10.0 Å². The second kappa shape index (κ2) is 10.2. The first-order valence-electron chi connectivity index (χ1n) is 10.4. The van der Waals surface area contributed by atoms with Crippen LogP contribution in [-0.4, -0.2) is 44.9 Å². The van der Waals surface area contributed by atoms with Gasteiger partial charge in [-0.25, -0.2) is 8.42 Å². The molecule has 3 rings (SSSR count). The highest BCUT2D eigenvalue weighted by atomic mass is 32.2. The Balaban J connectivity index is 1.55. The summed E-state index contributed by atoms with van der Waals surface area (Å²) in [7, 11) is -3.46. The Morgan fingerprint density at radius 2 is 2.00 bits per heavy atom. The van der Waals surface area contributed by atoms with Gasteiger partial charge in [-0.15, -0.1) is 11.3 Å². The number of sulfonamides is 1. The minimum atomic E-state index is -3.46. The number of hydrogen-bond acceptors (Lipinski definition) is 5. The number of thiophene rings is 1. The van der Waals surface area contributed by atoms with Crippen molar-refractivity contribution < 1.29 is 17.9 Å². The molecule has 0 radical (unpaired) electrons. The smallest absolute Gasteiger partial charge is 0.252 e. The second-order valence-electron chi connectivity index (χ2n) is 7.83. The minimum absolute atomic E-state index is 0.0737. The molecule has 0 aromatic carbocycles. The van der Waals surface area contributed by atoms with Crippen LogP contribution in [0.5, 0.6) is 0 Å². The zero-order valence-corrected chi connectivity index (χ0v) is 18.3. The molecule has 2 fully saturated rings. The number of morpholine rings is 1. The third kappa shape index (κ3) is 5.55. The molecule has 1 saturated carbocycles. The van der Waals surface area contributed by atoms with Crippen LogP contribution in [0.1, 0.15) is 56.7 Å². The quantitative estimate of drug-likeness (QED) is 0.654. The fourth-order valence-electron chi connectivity index (χ4n) is 4.18. The topological polar surface area (TPSA) is 75.7 Å². The number of nitrogens with one attached hydrogen (secondary N) is 1. The molecule has 6 nitrogen and oxygen atoms in total. The largest absolute Gasteiger partial charge is 0.379 e. The first-order chi connectivity index (χ1) is 13.5. The van der Waals surface area contributed by atoms with Crippen LogP contribution >= 0.6 is 11.3 Å². The Hall–Kier alpha value is -0.960. The van der Waals surface area contributed by atoms with Gasteiger partial charge in [0.1, 0.15) is 4.21 Å². The van der Waals surface area contributed by atoms with Gasteiger partial charge < -0.3 is 10.1 Å². The molecule has 158 valence electrons. The third-order valence-electron chi connectivity index (χ3n) is 5.74. The zero-order chi connectivity index (χ0) is 20.0. The second-order valence-corrected chi connectivity index (χ2v) is 11.2. The Labute approximate surface area is 172 Å². The lowest BCUT2D eigenvalue weighted by Crippen LogP contribution is -2.40. The van der Waals surface area contributed by atoms with Gasteiger partial charge >= 0.3 is 0 Å². The average Bonchev–Trinajstić information content (AvgIpc) is 3.39. The van der Waals surface area contributed by atoms with Crippen LogP contribution in [0.25, 0.3) is 0 Å². The van der Waals surface area contributed by atoms with Crippen molar-refractivity contribution in [3.05, 3.63) is 17.0 Å². The van der Waals surface area contributed by atoms with Gasteiger partial charge in [-0.3, -0.25) is 4.79 Å². The van der Waals surface area contributed by atoms with Gasteiger partial charge in [-0.05, 0) is 30.9 Å². The molecule has 2 aliphatic rings. The van der Waals surface area contributed by atoms with Crippen LogP contribution in [0.4, 0.5) is 0 Å². The Kier molecular flexibility index (Phi) is 7.91. The highest BCUT2D eigenvalue weighted by molar-refractivity contribution is 7.91. The van der Waals surface area contributed by atoms with Crippen LogP contribution in [0, 0.1) is 11.8 Å². The fourth-order valence-corrected chi connectivity index (χ4v) is 7.04. The lowest BCUT2D eigenvalue weighted by atomic mass is 9.89. The van der Waals surface area contributed by atoms with Crippen molar-refractivity contribution in [2.45, 2.75) is 62.6 Å². The standard InChI is InChI=1S/C20H32N2O4S2/c1-2-5-17(14-16-6-3-4-7-16)20(23)21-15-18-8-9-19(27-18)28(24,25)22-10-12-26-13-11-22/h8-9,16-17H,2-7,10-15H2,1H3,(H,21,23). The van der Waals surface area contributed by atoms with Crippen molar-refractivity contribution in [3.63, 3.8) is 0 Å². The number of hydrogen-bond donors (Lipinski definition) is 1. The van der Waals surface area contributed by atoms with E-state index in [0.717, 1.165) is 24.1 Å². The number of amides is 1. The van der Waals surface area contributed by atoms with Crippen molar-refractivity contribution in [2.24, 2.45) is 11.8 Å². The zero-order valence-electron chi connectivity index (χ0n) is 16.7. The number of carbonyl (C=O) groups excluding carboxylic acids is 1. The summed E-state index contributed by atoms with van der Waals surface area (Å²) in [5, 5.41) is 3.05. The van der Waals surface area contributed by atoms with E-state index >= 15 is 0 Å². The molecule has 1 aliphatic carbocycles. The predicted octanol–water partition coefficient (Wildman–Crippen LogP) is 3.38. The summed E-state index contributed by atoms with van der Waals surface area (Å²) in [5.74, 6) is 0.874. The van der Waals surface area contributed by atoms with Gasteiger partial charge in [0, 0.05) is 23.9 Å². The number of carbonyl (C=O) groups is 1. The molecule has 1 unspecified atom stereocenters. The maximum absolute atomic E-state index is 12.7. The van der Waals surface area contributed by atoms with Crippen LogP contribution in [0.15, 0.2) is 16.3 Å². The average molecular weight is 429 g/mol. The molecule has 1 saturated heterocycles.